The van der Waals surface area contributed by atoms with E-state index in [1.807, 2.05) is 91.0 Å². The number of alkyl carbamates (subject to hydrolysis) is 2. The molecule has 3 aromatic rings. The van der Waals surface area contributed by atoms with Crippen LogP contribution in [0.25, 0.3) is 0 Å². The van der Waals surface area contributed by atoms with Gasteiger partial charge in [0.05, 0.1) is 6.67 Å². The highest BCUT2D eigenvalue weighted by molar-refractivity contribution is 5.86. The molecule has 0 radical (unpaired) electrons. The molecule has 1 atom stereocenters. The van der Waals surface area contributed by atoms with Gasteiger partial charge in [0.1, 0.15) is 12.6 Å². The van der Waals surface area contributed by atoms with Gasteiger partial charge in [-0.05, 0) is 23.1 Å². The van der Waals surface area contributed by atoms with Crippen LogP contribution in [0.3, 0.4) is 0 Å². The van der Waals surface area contributed by atoms with E-state index in [-0.39, 0.29) is 19.7 Å². The summed E-state index contributed by atoms with van der Waals surface area (Å²) in [7, 11) is 0. The van der Waals surface area contributed by atoms with Crippen LogP contribution in [0.1, 0.15) is 16.7 Å². The molecule has 0 saturated heterocycles. The molecule has 3 aromatic carbocycles. The van der Waals surface area contributed by atoms with Crippen LogP contribution in [0.15, 0.2) is 91.0 Å². The smallest absolute Gasteiger partial charge is 0.409 e. The summed E-state index contributed by atoms with van der Waals surface area (Å²) in [5, 5.41) is 10.1. The zero-order valence-electron chi connectivity index (χ0n) is 21.4. The molecule has 4 amide bonds. The molecule has 4 N–H and O–H groups in total. The lowest BCUT2D eigenvalue weighted by molar-refractivity contribution is -0.124. The fraction of sp³-hybridized carbons (Fsp3) is 0.241. The summed E-state index contributed by atoms with van der Waals surface area (Å²) in [6, 6.07) is 27.0. The Labute approximate surface area is 227 Å². The van der Waals surface area contributed by atoms with Gasteiger partial charge >= 0.3 is 12.2 Å². The molecule has 0 spiro atoms. The summed E-state index contributed by atoms with van der Waals surface area (Å²) in [5.74, 6) is -0.972. The maximum atomic E-state index is 12.8. The first-order chi connectivity index (χ1) is 19.0. The topological polar surface area (TPSA) is 135 Å². The van der Waals surface area contributed by atoms with Crippen molar-refractivity contribution in [2.75, 3.05) is 19.8 Å². The Bertz CT molecular complexity index is 1190. The molecule has 0 fully saturated rings. The van der Waals surface area contributed by atoms with Gasteiger partial charge in [-0.2, -0.15) is 0 Å². The Balaban J connectivity index is 1.39. The van der Waals surface area contributed by atoms with Gasteiger partial charge in [-0.15, -0.1) is 0 Å². The monoisotopic (exact) mass is 532 g/mol. The number of carbonyl (C=O) groups excluding carboxylic acids is 4. The van der Waals surface area contributed by atoms with Crippen molar-refractivity contribution in [3.63, 3.8) is 0 Å². The van der Waals surface area contributed by atoms with Gasteiger partial charge in [0, 0.05) is 13.0 Å². The maximum absolute atomic E-state index is 12.8. The van der Waals surface area contributed by atoms with Gasteiger partial charge in [0.15, 0.2) is 6.61 Å². The largest absolute Gasteiger partial charge is 0.445 e. The van der Waals surface area contributed by atoms with E-state index in [0.717, 1.165) is 16.7 Å². The van der Waals surface area contributed by atoms with E-state index >= 15 is 0 Å². The summed E-state index contributed by atoms with van der Waals surface area (Å²) < 4.78 is 10.1. The van der Waals surface area contributed by atoms with E-state index in [9.17, 15) is 19.2 Å². The normalized spacial score (nSPS) is 11.0. The summed E-state index contributed by atoms with van der Waals surface area (Å²) in [6.07, 6.45) is -0.757. The average molecular weight is 533 g/mol. The Morgan fingerprint density at radius 1 is 0.641 bits per heavy atom. The first kappa shape index (κ1) is 28.7. The van der Waals surface area contributed by atoms with Crippen LogP contribution in [-0.4, -0.2) is 49.9 Å². The second kappa shape index (κ2) is 16.1. The molecule has 10 nitrogen and oxygen atoms in total. The Morgan fingerprint density at radius 2 is 1.23 bits per heavy atom. The molecule has 0 aliphatic rings. The minimum Gasteiger partial charge on any atom is -0.445 e. The molecule has 39 heavy (non-hydrogen) atoms. The van der Waals surface area contributed by atoms with Crippen LogP contribution in [0.5, 0.6) is 0 Å². The predicted octanol–water partition coefficient (Wildman–Crippen LogP) is 2.68. The van der Waals surface area contributed by atoms with E-state index in [1.165, 1.54) is 0 Å². The number of ether oxygens (including phenoxy) is 2. The first-order valence-electron chi connectivity index (χ1n) is 12.5. The number of rotatable bonds is 13. The molecule has 0 heterocycles. The molecular formula is C29H32N4O6. The third kappa shape index (κ3) is 11.4. The minimum atomic E-state index is -0.955. The van der Waals surface area contributed by atoms with Crippen molar-refractivity contribution in [1.29, 1.82) is 0 Å². The lowest BCUT2D eigenvalue weighted by Gasteiger charge is -2.19. The Hall–Kier alpha value is -4.86. The Kier molecular flexibility index (Phi) is 11.8. The number of carbonyl (C=O) groups is 4. The third-order valence-corrected chi connectivity index (χ3v) is 5.51. The zero-order chi connectivity index (χ0) is 27.7. The highest BCUT2D eigenvalue weighted by atomic mass is 16.6. The van der Waals surface area contributed by atoms with Gasteiger partial charge in [0.25, 0.3) is 5.91 Å². The predicted molar refractivity (Wildman–Crippen MR) is 144 cm³/mol. The van der Waals surface area contributed by atoms with Crippen LogP contribution in [0.4, 0.5) is 9.59 Å². The van der Waals surface area contributed by atoms with Gasteiger partial charge in [-0.1, -0.05) is 91.0 Å². The number of hydrogen-bond acceptors (Lipinski definition) is 6. The Morgan fingerprint density at radius 3 is 1.87 bits per heavy atom. The number of nitrogens with one attached hydrogen (secondary N) is 4. The van der Waals surface area contributed by atoms with E-state index < -0.39 is 36.6 Å². The molecule has 0 bridgehead atoms. The van der Waals surface area contributed by atoms with Gasteiger partial charge < -0.3 is 30.7 Å². The van der Waals surface area contributed by atoms with E-state index in [2.05, 4.69) is 21.3 Å². The zero-order valence-corrected chi connectivity index (χ0v) is 21.4. The standard InChI is InChI=1S/C29H32N4O6/c34-26(30-17-16-22-10-4-1-5-11-22)20-39-28(36)32-21-31-27(35)25(18-23-12-6-2-7-13-23)33-29(37)38-19-24-14-8-3-9-15-24/h1-15,25H,16-21H2,(H,30,34)(H,31,35)(H,32,36)(H,33,37)/t25-/m0/s1. The molecule has 3 rings (SSSR count). The fourth-order valence-corrected chi connectivity index (χ4v) is 3.52. The highest BCUT2D eigenvalue weighted by Gasteiger charge is 2.22. The molecule has 0 aromatic heterocycles. The molecule has 0 saturated carbocycles. The second-order valence-corrected chi connectivity index (χ2v) is 8.50. The van der Waals surface area contributed by atoms with E-state index in [0.29, 0.717) is 13.0 Å². The lowest BCUT2D eigenvalue weighted by Crippen LogP contribution is -2.50. The van der Waals surface area contributed by atoms with E-state index in [4.69, 9.17) is 9.47 Å². The summed E-state index contributed by atoms with van der Waals surface area (Å²) >= 11 is 0. The summed E-state index contributed by atoms with van der Waals surface area (Å²) in [4.78, 5) is 49.0. The SMILES string of the molecule is O=C(COC(=O)NCNC(=O)[C@H](Cc1ccccc1)NC(=O)OCc1ccccc1)NCCc1ccccc1. The van der Waals surface area contributed by atoms with Crippen LogP contribution in [0.2, 0.25) is 0 Å². The molecule has 0 aliphatic heterocycles. The second-order valence-electron chi connectivity index (χ2n) is 8.50. The number of hydrogen-bond donors (Lipinski definition) is 4. The third-order valence-electron chi connectivity index (χ3n) is 5.51. The molecular weight excluding hydrogens is 500 g/mol. The number of benzene rings is 3. The molecule has 204 valence electrons. The van der Waals surface area contributed by atoms with Crippen LogP contribution < -0.4 is 21.3 Å². The van der Waals surface area contributed by atoms with Crippen molar-refractivity contribution in [3.8, 4) is 0 Å². The van der Waals surface area contributed by atoms with Crippen molar-refractivity contribution in [2.24, 2.45) is 0 Å². The van der Waals surface area contributed by atoms with Gasteiger partial charge in [0.2, 0.25) is 5.91 Å². The first-order valence-corrected chi connectivity index (χ1v) is 12.5. The average Bonchev–Trinajstić information content (AvgIpc) is 2.96. The molecule has 10 heteroatoms. The van der Waals surface area contributed by atoms with Gasteiger partial charge in [-0.25, -0.2) is 9.59 Å². The van der Waals surface area contributed by atoms with Crippen molar-refractivity contribution in [2.45, 2.75) is 25.5 Å². The lowest BCUT2D eigenvalue weighted by atomic mass is 10.1. The quantitative estimate of drug-likeness (QED) is 0.250. The van der Waals surface area contributed by atoms with Crippen molar-refractivity contribution in [3.05, 3.63) is 108 Å². The highest BCUT2D eigenvalue weighted by Crippen LogP contribution is 2.05. The van der Waals surface area contributed by atoms with Crippen molar-refractivity contribution < 1.29 is 28.7 Å². The van der Waals surface area contributed by atoms with Gasteiger partial charge in [-0.3, -0.25) is 9.59 Å². The van der Waals surface area contributed by atoms with E-state index in [1.54, 1.807) is 0 Å². The summed E-state index contributed by atoms with van der Waals surface area (Å²) in [5.41, 5.74) is 2.72. The summed E-state index contributed by atoms with van der Waals surface area (Å²) in [6.45, 7) is -0.258. The van der Waals surface area contributed by atoms with Crippen molar-refractivity contribution >= 4 is 24.0 Å². The fourth-order valence-electron chi connectivity index (χ4n) is 3.52. The number of amides is 4. The van der Waals surface area contributed by atoms with Crippen LogP contribution in [-0.2, 0) is 38.5 Å². The van der Waals surface area contributed by atoms with Crippen LogP contribution in [0, 0.1) is 0 Å². The minimum absolute atomic E-state index is 0.0551. The molecule has 0 unspecified atom stereocenters. The van der Waals surface area contributed by atoms with Crippen LogP contribution >= 0.6 is 0 Å². The van der Waals surface area contributed by atoms with Crippen molar-refractivity contribution in [1.82, 2.24) is 21.3 Å². The maximum Gasteiger partial charge on any atom is 0.409 e. The molecule has 0 aliphatic carbocycles.